The van der Waals surface area contributed by atoms with Crippen molar-refractivity contribution in [3.63, 3.8) is 0 Å². The van der Waals surface area contributed by atoms with Crippen molar-refractivity contribution < 1.29 is 42.1 Å². The maximum Gasteiger partial charge on any atom is 0.306 e. The molecule has 0 aliphatic rings. The van der Waals surface area contributed by atoms with E-state index < -0.39 is 26.5 Å². The van der Waals surface area contributed by atoms with Crippen molar-refractivity contribution in [3.8, 4) is 0 Å². The van der Waals surface area contributed by atoms with Gasteiger partial charge in [0, 0.05) is 12.8 Å². The standard InChI is InChI=1S/C54H104NO8P/c1-6-8-10-12-14-16-18-20-21-22-23-24-25-26-27-28-29-30-31-32-33-35-37-39-41-43-45-47-54(57)63-52(51-62-64(58,59)61-49-48-55(3,4)5)50-60-53(56)46-44-42-40-38-36-34-19-17-15-13-11-9-7-2/h18,20,22-23,52H,6-17,19,21,24-51H2,1-5H3/b20-18-,23-22-. The van der Waals surface area contributed by atoms with Crippen LogP contribution in [0.15, 0.2) is 24.3 Å². The molecule has 0 aromatic carbocycles. The van der Waals surface area contributed by atoms with E-state index in [-0.39, 0.29) is 32.0 Å². The molecule has 0 rings (SSSR count). The van der Waals surface area contributed by atoms with Crippen LogP contribution in [-0.2, 0) is 32.7 Å². The minimum Gasteiger partial charge on any atom is -0.756 e. The van der Waals surface area contributed by atoms with Crippen molar-refractivity contribution in [1.29, 1.82) is 0 Å². The van der Waals surface area contributed by atoms with Crippen molar-refractivity contribution in [2.75, 3.05) is 47.5 Å². The van der Waals surface area contributed by atoms with E-state index >= 15 is 0 Å². The fourth-order valence-electron chi connectivity index (χ4n) is 7.75. The number of likely N-dealkylation sites (N-methyl/N-ethyl adjacent to an activating group) is 1. The predicted octanol–water partition coefficient (Wildman–Crippen LogP) is 15.6. The largest absolute Gasteiger partial charge is 0.756 e. The zero-order valence-corrected chi connectivity index (χ0v) is 43.6. The van der Waals surface area contributed by atoms with Crippen LogP contribution < -0.4 is 4.89 Å². The minimum absolute atomic E-state index is 0.0279. The fraction of sp³-hybridized carbons (Fsp3) is 0.889. The summed E-state index contributed by atoms with van der Waals surface area (Å²) in [7, 11) is 1.18. The van der Waals surface area contributed by atoms with E-state index in [1.54, 1.807) is 0 Å². The number of allylic oxidation sites excluding steroid dienone is 4. The van der Waals surface area contributed by atoms with Gasteiger partial charge in [-0.15, -0.1) is 0 Å². The third-order valence-electron chi connectivity index (χ3n) is 12.0. The van der Waals surface area contributed by atoms with Crippen LogP contribution in [0.2, 0.25) is 0 Å². The Kier molecular flexibility index (Phi) is 45.5. The Hall–Kier alpha value is -1.51. The van der Waals surface area contributed by atoms with E-state index in [0.717, 1.165) is 38.5 Å². The second-order valence-corrected chi connectivity index (χ2v) is 21.0. The molecule has 0 radical (unpaired) electrons. The van der Waals surface area contributed by atoms with Crippen LogP contribution in [0.4, 0.5) is 0 Å². The fourth-order valence-corrected chi connectivity index (χ4v) is 8.48. The number of unbranched alkanes of at least 4 members (excludes halogenated alkanes) is 32. The van der Waals surface area contributed by atoms with Gasteiger partial charge in [0.25, 0.3) is 7.82 Å². The number of esters is 2. The highest BCUT2D eigenvalue weighted by Gasteiger charge is 2.21. The molecule has 2 unspecified atom stereocenters. The smallest absolute Gasteiger partial charge is 0.306 e. The van der Waals surface area contributed by atoms with Gasteiger partial charge in [0.05, 0.1) is 27.7 Å². The highest BCUT2D eigenvalue weighted by molar-refractivity contribution is 7.45. The molecule has 0 aliphatic heterocycles. The number of rotatable bonds is 50. The molecule has 0 saturated heterocycles. The summed E-state index contributed by atoms with van der Waals surface area (Å²) in [6.45, 7) is 4.26. The molecule has 0 saturated carbocycles. The lowest BCUT2D eigenvalue weighted by molar-refractivity contribution is -0.870. The molecule has 0 fully saturated rings. The highest BCUT2D eigenvalue weighted by atomic mass is 31.2. The third-order valence-corrected chi connectivity index (χ3v) is 12.9. The Morgan fingerprint density at radius 3 is 1.23 bits per heavy atom. The van der Waals surface area contributed by atoms with E-state index in [1.165, 1.54) is 186 Å². The van der Waals surface area contributed by atoms with Gasteiger partial charge in [-0.1, -0.05) is 224 Å². The van der Waals surface area contributed by atoms with Gasteiger partial charge in [0.2, 0.25) is 0 Å². The second-order valence-electron chi connectivity index (χ2n) is 19.6. The number of carbonyl (C=O) groups is 2. The van der Waals surface area contributed by atoms with E-state index in [9.17, 15) is 19.0 Å². The van der Waals surface area contributed by atoms with E-state index in [0.29, 0.717) is 17.4 Å². The van der Waals surface area contributed by atoms with Crippen LogP contribution in [0.5, 0.6) is 0 Å². The van der Waals surface area contributed by atoms with E-state index in [1.807, 2.05) is 21.1 Å². The van der Waals surface area contributed by atoms with Gasteiger partial charge in [-0.25, -0.2) is 0 Å². The van der Waals surface area contributed by atoms with Crippen molar-refractivity contribution in [3.05, 3.63) is 24.3 Å². The van der Waals surface area contributed by atoms with Crippen molar-refractivity contribution in [2.24, 2.45) is 0 Å². The highest BCUT2D eigenvalue weighted by Crippen LogP contribution is 2.38. The molecule has 0 aromatic rings. The van der Waals surface area contributed by atoms with Crippen LogP contribution >= 0.6 is 7.82 Å². The van der Waals surface area contributed by atoms with Gasteiger partial charge >= 0.3 is 11.9 Å². The Morgan fingerprint density at radius 1 is 0.484 bits per heavy atom. The number of hydrogen-bond donors (Lipinski definition) is 0. The van der Waals surface area contributed by atoms with Gasteiger partial charge in [0.1, 0.15) is 19.8 Å². The molecule has 0 aromatic heterocycles. The Bertz CT molecular complexity index is 1140. The van der Waals surface area contributed by atoms with Crippen molar-refractivity contribution in [1.82, 2.24) is 0 Å². The lowest BCUT2D eigenvalue weighted by Crippen LogP contribution is -2.37. The van der Waals surface area contributed by atoms with Gasteiger partial charge in [-0.3, -0.25) is 14.2 Å². The van der Waals surface area contributed by atoms with Gasteiger partial charge in [0.15, 0.2) is 6.10 Å². The Labute approximate surface area is 396 Å². The average Bonchev–Trinajstić information content (AvgIpc) is 3.25. The molecule has 0 spiro atoms. The number of hydrogen-bond acceptors (Lipinski definition) is 8. The summed E-state index contributed by atoms with van der Waals surface area (Å²) in [4.78, 5) is 37.7. The number of ether oxygens (including phenoxy) is 2. The first-order valence-electron chi connectivity index (χ1n) is 27.0. The van der Waals surface area contributed by atoms with Crippen LogP contribution in [0.3, 0.4) is 0 Å². The zero-order valence-electron chi connectivity index (χ0n) is 42.7. The molecule has 0 bridgehead atoms. The molecule has 10 heteroatoms. The van der Waals surface area contributed by atoms with Crippen LogP contribution in [-0.4, -0.2) is 70.0 Å². The van der Waals surface area contributed by atoms with Crippen molar-refractivity contribution >= 4 is 19.8 Å². The normalized spacial score (nSPS) is 13.5. The van der Waals surface area contributed by atoms with E-state index in [2.05, 4.69) is 38.2 Å². The van der Waals surface area contributed by atoms with Crippen molar-refractivity contribution in [2.45, 2.75) is 264 Å². The maximum absolute atomic E-state index is 12.8. The molecule has 0 heterocycles. The SMILES string of the molecule is CCCCCCC/C=C\C/C=C\CCCCCCCCCCCCCCCCCC(=O)OC(COC(=O)CCCCCCCCCCCCCCC)COP(=O)([O-])OCC[N+](C)(C)C. The van der Waals surface area contributed by atoms with Crippen LogP contribution in [0.25, 0.3) is 0 Å². The molecule has 378 valence electrons. The predicted molar refractivity (Wildman–Crippen MR) is 268 cm³/mol. The maximum atomic E-state index is 12.8. The summed E-state index contributed by atoms with van der Waals surface area (Å²) in [6, 6.07) is 0. The summed E-state index contributed by atoms with van der Waals surface area (Å²) in [5.41, 5.74) is 0. The van der Waals surface area contributed by atoms with Gasteiger partial charge in [-0.05, 0) is 44.9 Å². The minimum atomic E-state index is -4.63. The molecule has 2 atom stereocenters. The Morgan fingerprint density at radius 2 is 0.844 bits per heavy atom. The van der Waals surface area contributed by atoms with E-state index in [4.69, 9.17) is 18.5 Å². The average molecular weight is 926 g/mol. The first-order chi connectivity index (χ1) is 31.0. The lowest BCUT2D eigenvalue weighted by Gasteiger charge is -2.28. The molecule has 0 amide bonds. The number of phosphoric ester groups is 1. The topological polar surface area (TPSA) is 111 Å². The quantitative estimate of drug-likeness (QED) is 0.0195. The summed E-state index contributed by atoms with van der Waals surface area (Å²) in [6.07, 6.45) is 53.6. The number of nitrogens with zero attached hydrogens (tertiary/aromatic N) is 1. The molecule has 64 heavy (non-hydrogen) atoms. The molecule has 9 nitrogen and oxygen atoms in total. The monoisotopic (exact) mass is 926 g/mol. The summed E-state index contributed by atoms with van der Waals surface area (Å²) < 4.78 is 34.1. The lowest BCUT2D eigenvalue weighted by atomic mass is 10.0. The summed E-state index contributed by atoms with van der Waals surface area (Å²) in [5.74, 6) is -0.821. The first-order valence-corrected chi connectivity index (χ1v) is 28.5. The third kappa shape index (κ3) is 49.9. The summed E-state index contributed by atoms with van der Waals surface area (Å²) in [5, 5.41) is 0. The molecular weight excluding hydrogens is 822 g/mol. The second kappa shape index (κ2) is 46.6. The zero-order chi connectivity index (χ0) is 47.1. The molecule has 0 aliphatic carbocycles. The van der Waals surface area contributed by atoms with Crippen LogP contribution in [0, 0.1) is 0 Å². The number of quaternary nitrogens is 1. The first kappa shape index (κ1) is 62.5. The van der Waals surface area contributed by atoms with Crippen LogP contribution in [0.1, 0.15) is 258 Å². The molecule has 0 N–H and O–H groups in total. The Balaban J connectivity index is 4.10. The van der Waals surface area contributed by atoms with Gasteiger partial charge in [-0.2, -0.15) is 0 Å². The van der Waals surface area contributed by atoms with Gasteiger partial charge < -0.3 is 27.9 Å². The summed E-state index contributed by atoms with van der Waals surface area (Å²) >= 11 is 0. The molecular formula is C54H104NO8P. The number of carbonyl (C=O) groups excluding carboxylic acids is 2. The number of phosphoric acid groups is 1.